The molecule has 1 N–H and O–H groups in total. The molecule has 0 radical (unpaired) electrons. The lowest BCUT2D eigenvalue weighted by Crippen LogP contribution is -2.34. The number of rotatable bonds is 3. The van der Waals surface area contributed by atoms with Crippen LogP contribution in [0.2, 0.25) is 0 Å². The number of nitrogens with zero attached hydrogens (tertiary/aromatic N) is 4. The van der Waals surface area contributed by atoms with Gasteiger partial charge in [-0.15, -0.1) is 5.10 Å². The molecule has 2 aromatic carbocycles. The number of β-amino-alcohol motifs (C(OH)–C–C–N with tert-alkyl or cyclic N) is 1. The second kappa shape index (κ2) is 6.55. The van der Waals surface area contributed by atoms with Crippen LogP contribution in [0.1, 0.15) is 22.9 Å². The Balaban J connectivity index is 1.65. The van der Waals surface area contributed by atoms with E-state index in [0.717, 1.165) is 24.3 Å². The normalized spacial score (nSPS) is 21.2. The summed E-state index contributed by atoms with van der Waals surface area (Å²) in [6, 6.07) is 20.2. The van der Waals surface area contributed by atoms with Crippen molar-refractivity contribution in [2.75, 3.05) is 6.54 Å². The van der Waals surface area contributed by atoms with Crippen molar-refractivity contribution in [1.29, 1.82) is 0 Å². The fraction of sp³-hybridized carbons (Fsp3) is 0.263. The summed E-state index contributed by atoms with van der Waals surface area (Å²) in [6.45, 7) is 2.12. The summed E-state index contributed by atoms with van der Waals surface area (Å²) in [5.41, 5.74) is 3.32. The third kappa shape index (κ3) is 2.96. The van der Waals surface area contributed by atoms with Gasteiger partial charge in [-0.2, -0.15) is 0 Å². The van der Waals surface area contributed by atoms with Crippen molar-refractivity contribution in [2.45, 2.75) is 25.2 Å². The molecular weight excluding hydrogens is 300 g/mol. The van der Waals surface area contributed by atoms with E-state index in [1.165, 1.54) is 5.56 Å². The van der Waals surface area contributed by atoms with Crippen molar-refractivity contribution in [1.82, 2.24) is 19.9 Å². The van der Waals surface area contributed by atoms with Crippen LogP contribution in [-0.4, -0.2) is 37.6 Å². The Morgan fingerprint density at radius 3 is 2.46 bits per heavy atom. The Kier molecular flexibility index (Phi) is 4.11. The second-order valence-corrected chi connectivity index (χ2v) is 6.25. The molecular formula is C19H20N4O. The van der Waals surface area contributed by atoms with Gasteiger partial charge in [-0.05, 0) is 11.1 Å². The van der Waals surface area contributed by atoms with Crippen molar-refractivity contribution in [3.05, 3.63) is 83.7 Å². The predicted molar refractivity (Wildman–Crippen MR) is 91.2 cm³/mol. The average molecular weight is 320 g/mol. The van der Waals surface area contributed by atoms with Crippen LogP contribution in [0, 0.1) is 0 Å². The first kappa shape index (κ1) is 15.1. The fourth-order valence-corrected chi connectivity index (χ4v) is 3.41. The molecule has 0 spiro atoms. The van der Waals surface area contributed by atoms with E-state index in [-0.39, 0.29) is 6.04 Å². The molecule has 1 aromatic heterocycles. The molecule has 2 atom stereocenters. The van der Waals surface area contributed by atoms with E-state index >= 15 is 0 Å². The molecule has 0 amide bonds. The molecule has 2 heterocycles. The molecule has 1 aliphatic rings. The predicted octanol–water partition coefficient (Wildman–Crippen LogP) is 2.24. The molecule has 3 aromatic rings. The molecule has 0 aliphatic carbocycles. The number of benzene rings is 2. The first-order chi connectivity index (χ1) is 11.8. The van der Waals surface area contributed by atoms with Crippen LogP contribution in [0.3, 0.4) is 0 Å². The molecule has 122 valence electrons. The SMILES string of the molecule is O[C@H]1CN(Cc2ccccc2)Cc2cnnn2[C@@H]1c1ccccc1. The Bertz CT molecular complexity index is 787. The molecule has 0 fully saturated rings. The maximum Gasteiger partial charge on any atom is 0.106 e. The fourth-order valence-electron chi connectivity index (χ4n) is 3.41. The van der Waals surface area contributed by atoms with Gasteiger partial charge in [0.05, 0.1) is 18.0 Å². The van der Waals surface area contributed by atoms with Gasteiger partial charge in [0, 0.05) is 19.6 Å². The lowest BCUT2D eigenvalue weighted by molar-refractivity contribution is 0.0847. The van der Waals surface area contributed by atoms with E-state index in [4.69, 9.17) is 0 Å². The van der Waals surface area contributed by atoms with Crippen LogP contribution in [-0.2, 0) is 13.1 Å². The zero-order valence-electron chi connectivity index (χ0n) is 13.4. The van der Waals surface area contributed by atoms with Crippen LogP contribution in [0.15, 0.2) is 66.9 Å². The van der Waals surface area contributed by atoms with Crippen LogP contribution in [0.4, 0.5) is 0 Å². The molecule has 5 heteroatoms. The topological polar surface area (TPSA) is 54.2 Å². The van der Waals surface area contributed by atoms with Gasteiger partial charge in [0.1, 0.15) is 6.04 Å². The quantitative estimate of drug-likeness (QED) is 0.804. The average Bonchev–Trinajstić information content (AvgIpc) is 3.00. The van der Waals surface area contributed by atoms with E-state index in [2.05, 4.69) is 27.3 Å². The van der Waals surface area contributed by atoms with E-state index < -0.39 is 6.10 Å². The minimum atomic E-state index is -0.543. The van der Waals surface area contributed by atoms with Crippen LogP contribution >= 0.6 is 0 Å². The first-order valence-electron chi connectivity index (χ1n) is 8.19. The minimum absolute atomic E-state index is 0.204. The Hall–Kier alpha value is -2.50. The number of hydrogen-bond donors (Lipinski definition) is 1. The molecule has 0 bridgehead atoms. The highest BCUT2D eigenvalue weighted by molar-refractivity contribution is 5.23. The maximum atomic E-state index is 10.9. The van der Waals surface area contributed by atoms with Crippen LogP contribution in [0.25, 0.3) is 0 Å². The zero-order chi connectivity index (χ0) is 16.4. The van der Waals surface area contributed by atoms with Crippen molar-refractivity contribution in [3.63, 3.8) is 0 Å². The van der Waals surface area contributed by atoms with E-state index in [9.17, 15) is 5.11 Å². The third-order valence-electron chi connectivity index (χ3n) is 4.50. The maximum absolute atomic E-state index is 10.9. The van der Waals surface area contributed by atoms with Gasteiger partial charge in [0.25, 0.3) is 0 Å². The van der Waals surface area contributed by atoms with Gasteiger partial charge in [0.2, 0.25) is 0 Å². The van der Waals surface area contributed by atoms with Gasteiger partial charge < -0.3 is 5.11 Å². The van der Waals surface area contributed by atoms with Crippen LogP contribution < -0.4 is 0 Å². The highest BCUT2D eigenvalue weighted by Gasteiger charge is 2.31. The molecule has 0 saturated heterocycles. The van der Waals surface area contributed by atoms with Crippen molar-refractivity contribution >= 4 is 0 Å². The highest BCUT2D eigenvalue weighted by atomic mass is 16.3. The van der Waals surface area contributed by atoms with Crippen LogP contribution in [0.5, 0.6) is 0 Å². The number of fused-ring (bicyclic) bond motifs is 1. The third-order valence-corrected chi connectivity index (χ3v) is 4.50. The van der Waals surface area contributed by atoms with Gasteiger partial charge >= 0.3 is 0 Å². The van der Waals surface area contributed by atoms with E-state index in [1.807, 2.05) is 53.2 Å². The minimum Gasteiger partial charge on any atom is -0.389 e. The number of aromatic nitrogens is 3. The number of aliphatic hydroxyl groups is 1. The smallest absolute Gasteiger partial charge is 0.106 e. The van der Waals surface area contributed by atoms with Crippen molar-refractivity contribution < 1.29 is 5.11 Å². The summed E-state index contributed by atoms with van der Waals surface area (Å²) in [6.07, 6.45) is 1.26. The molecule has 0 saturated carbocycles. The first-order valence-corrected chi connectivity index (χ1v) is 8.19. The van der Waals surface area contributed by atoms with Crippen molar-refractivity contribution in [2.24, 2.45) is 0 Å². The van der Waals surface area contributed by atoms with Crippen molar-refractivity contribution in [3.8, 4) is 0 Å². The number of hydrogen-bond acceptors (Lipinski definition) is 4. The summed E-state index contributed by atoms with van der Waals surface area (Å²) in [5.74, 6) is 0. The van der Waals surface area contributed by atoms with Gasteiger partial charge in [-0.1, -0.05) is 65.9 Å². The van der Waals surface area contributed by atoms with Gasteiger partial charge in [-0.3, -0.25) is 4.90 Å². The Labute approximate surface area is 141 Å². The summed E-state index contributed by atoms with van der Waals surface area (Å²) in [5, 5.41) is 19.2. The largest absolute Gasteiger partial charge is 0.389 e. The summed E-state index contributed by atoms with van der Waals surface area (Å²) >= 11 is 0. The monoisotopic (exact) mass is 320 g/mol. The van der Waals surface area contributed by atoms with E-state index in [1.54, 1.807) is 6.20 Å². The molecule has 0 unspecified atom stereocenters. The molecule has 4 rings (SSSR count). The zero-order valence-corrected chi connectivity index (χ0v) is 13.4. The van der Waals surface area contributed by atoms with Gasteiger partial charge in [0.15, 0.2) is 0 Å². The Morgan fingerprint density at radius 1 is 1.00 bits per heavy atom. The lowest BCUT2D eigenvalue weighted by Gasteiger charge is -2.25. The summed E-state index contributed by atoms with van der Waals surface area (Å²) < 4.78 is 1.87. The molecule has 24 heavy (non-hydrogen) atoms. The second-order valence-electron chi connectivity index (χ2n) is 6.25. The standard InChI is InChI=1S/C19H20N4O/c24-18-14-22(12-15-7-3-1-4-8-15)13-17-11-20-21-23(17)19(18)16-9-5-2-6-10-16/h1-11,18-19,24H,12-14H2/t18-,19+/m0/s1. The Morgan fingerprint density at radius 2 is 1.71 bits per heavy atom. The lowest BCUT2D eigenvalue weighted by atomic mass is 10.0. The number of aliphatic hydroxyl groups excluding tert-OH is 1. The van der Waals surface area contributed by atoms with Gasteiger partial charge in [-0.25, -0.2) is 4.68 Å². The summed E-state index contributed by atoms with van der Waals surface area (Å²) in [7, 11) is 0. The molecule has 5 nitrogen and oxygen atoms in total. The highest BCUT2D eigenvalue weighted by Crippen LogP contribution is 2.27. The molecule has 1 aliphatic heterocycles. The van der Waals surface area contributed by atoms with E-state index in [0.29, 0.717) is 6.54 Å². The summed E-state index contributed by atoms with van der Waals surface area (Å²) in [4.78, 5) is 2.25.